The van der Waals surface area contributed by atoms with Crippen molar-refractivity contribution in [2.24, 2.45) is 0 Å². The number of fused-ring (bicyclic) bond motifs is 1. The van der Waals surface area contributed by atoms with E-state index in [9.17, 15) is 0 Å². The lowest BCUT2D eigenvalue weighted by molar-refractivity contribution is 0.577. The molecule has 62 valence electrons. The summed E-state index contributed by atoms with van der Waals surface area (Å²) in [6.45, 7) is 0.919. The molecular weight excluding hydrogens is 152 g/mol. The van der Waals surface area contributed by atoms with E-state index in [1.165, 1.54) is 0 Å². The third kappa shape index (κ3) is 0.908. The monoisotopic (exact) mass is 162 g/mol. The number of hydrogen-bond acceptors (Lipinski definition) is 3. The van der Waals surface area contributed by atoms with Gasteiger partial charge in [-0.3, -0.25) is 4.68 Å². The molecule has 0 spiro atoms. The Hall–Kier alpha value is -1.34. The van der Waals surface area contributed by atoms with Crippen LogP contribution in [-0.2, 0) is 6.54 Å². The van der Waals surface area contributed by atoms with Crippen molar-refractivity contribution in [3.8, 4) is 6.07 Å². The van der Waals surface area contributed by atoms with Gasteiger partial charge in [-0.05, 0) is 19.5 Å². The largest absolute Gasteiger partial charge is 0.312 e. The van der Waals surface area contributed by atoms with Crippen molar-refractivity contribution in [2.45, 2.75) is 19.0 Å². The van der Waals surface area contributed by atoms with Crippen molar-refractivity contribution in [2.75, 3.05) is 7.05 Å². The molecule has 0 radical (unpaired) electrons. The van der Waals surface area contributed by atoms with Crippen molar-refractivity contribution >= 4 is 0 Å². The zero-order valence-electron chi connectivity index (χ0n) is 6.91. The average molecular weight is 162 g/mol. The molecule has 4 heteroatoms. The topological polar surface area (TPSA) is 53.6 Å². The van der Waals surface area contributed by atoms with Crippen LogP contribution in [0.25, 0.3) is 0 Å². The van der Waals surface area contributed by atoms with E-state index >= 15 is 0 Å². The fraction of sp³-hybridized carbons (Fsp3) is 0.500. The van der Waals surface area contributed by atoms with E-state index in [1.807, 2.05) is 23.9 Å². The van der Waals surface area contributed by atoms with Crippen LogP contribution in [0.1, 0.15) is 23.9 Å². The molecule has 1 N–H and O–H groups in total. The van der Waals surface area contributed by atoms with Crippen LogP contribution in [0.2, 0.25) is 0 Å². The van der Waals surface area contributed by atoms with Gasteiger partial charge in [-0.1, -0.05) is 0 Å². The summed E-state index contributed by atoms with van der Waals surface area (Å²) in [5, 5.41) is 15.9. The third-order valence-electron chi connectivity index (χ3n) is 2.26. The average Bonchev–Trinajstić information content (AvgIpc) is 2.61. The summed E-state index contributed by atoms with van der Waals surface area (Å²) in [6, 6.07) is 4.27. The second-order valence-corrected chi connectivity index (χ2v) is 2.92. The van der Waals surface area contributed by atoms with Gasteiger partial charge in [-0.2, -0.15) is 10.4 Å². The van der Waals surface area contributed by atoms with Gasteiger partial charge in [0, 0.05) is 6.54 Å². The second-order valence-electron chi connectivity index (χ2n) is 2.92. The molecule has 2 rings (SSSR count). The second kappa shape index (κ2) is 2.61. The Morgan fingerprint density at radius 2 is 2.67 bits per heavy atom. The van der Waals surface area contributed by atoms with Gasteiger partial charge in [0.1, 0.15) is 6.07 Å². The molecule has 0 aromatic carbocycles. The lowest BCUT2D eigenvalue weighted by Crippen LogP contribution is -2.12. The molecule has 0 aliphatic carbocycles. The molecule has 4 nitrogen and oxygen atoms in total. The maximum atomic E-state index is 8.61. The Bertz CT molecular complexity index is 333. The lowest BCUT2D eigenvalue weighted by atomic mass is 10.2. The third-order valence-corrected chi connectivity index (χ3v) is 2.26. The molecule has 0 bridgehead atoms. The zero-order chi connectivity index (χ0) is 8.55. The summed E-state index contributed by atoms with van der Waals surface area (Å²) in [6.07, 6.45) is 1.07. The summed E-state index contributed by atoms with van der Waals surface area (Å²) in [4.78, 5) is 0. The molecule has 0 saturated carbocycles. The standard InChI is InChI=1S/C8H10N4/c1-10-7-2-3-12-8(7)4-6(5-9)11-12/h4,7,10H,2-3H2,1H3/t7-/m0/s1. The fourth-order valence-electron chi connectivity index (χ4n) is 1.64. The summed E-state index contributed by atoms with van der Waals surface area (Å²) in [5.74, 6) is 0. The number of hydrogen-bond donors (Lipinski definition) is 1. The zero-order valence-corrected chi connectivity index (χ0v) is 6.91. The van der Waals surface area contributed by atoms with Crippen LogP contribution >= 0.6 is 0 Å². The number of nitrogens with zero attached hydrogens (tertiary/aromatic N) is 3. The van der Waals surface area contributed by atoms with Crippen molar-refractivity contribution in [1.82, 2.24) is 15.1 Å². The highest BCUT2D eigenvalue weighted by molar-refractivity contribution is 5.25. The molecule has 0 amide bonds. The van der Waals surface area contributed by atoms with Crippen molar-refractivity contribution in [1.29, 1.82) is 5.26 Å². The molecule has 0 saturated heterocycles. The Balaban J connectivity index is 2.39. The van der Waals surface area contributed by atoms with Crippen LogP contribution < -0.4 is 5.32 Å². The van der Waals surface area contributed by atoms with E-state index in [0.29, 0.717) is 11.7 Å². The normalized spacial score (nSPS) is 20.5. The fourth-order valence-corrected chi connectivity index (χ4v) is 1.64. The van der Waals surface area contributed by atoms with Crippen molar-refractivity contribution in [3.63, 3.8) is 0 Å². The predicted molar refractivity (Wildman–Crippen MR) is 43.4 cm³/mol. The lowest BCUT2D eigenvalue weighted by Gasteiger charge is -2.04. The first kappa shape index (κ1) is 7.32. The molecular formula is C8H10N4. The van der Waals surface area contributed by atoms with Crippen LogP contribution in [0.4, 0.5) is 0 Å². The number of aryl methyl sites for hydroxylation is 1. The first-order chi connectivity index (χ1) is 5.85. The molecule has 0 fully saturated rings. The molecule has 12 heavy (non-hydrogen) atoms. The molecule has 1 aliphatic rings. The Labute approximate surface area is 70.8 Å². The van der Waals surface area contributed by atoms with Gasteiger partial charge in [-0.15, -0.1) is 0 Å². The molecule has 1 aromatic rings. The van der Waals surface area contributed by atoms with Crippen molar-refractivity contribution < 1.29 is 0 Å². The maximum Gasteiger partial charge on any atom is 0.162 e. The van der Waals surface area contributed by atoms with Crippen LogP contribution in [-0.4, -0.2) is 16.8 Å². The first-order valence-corrected chi connectivity index (χ1v) is 4.00. The van der Waals surface area contributed by atoms with Crippen molar-refractivity contribution in [3.05, 3.63) is 17.5 Å². The van der Waals surface area contributed by atoms with Crippen LogP contribution in [0, 0.1) is 11.3 Å². The minimum Gasteiger partial charge on any atom is -0.312 e. The molecule has 0 unspecified atom stereocenters. The summed E-state index contributed by atoms with van der Waals surface area (Å²) in [7, 11) is 1.93. The van der Waals surface area contributed by atoms with E-state index in [-0.39, 0.29) is 0 Å². The minimum absolute atomic E-state index is 0.375. The highest BCUT2D eigenvalue weighted by Gasteiger charge is 2.22. The minimum atomic E-state index is 0.375. The van der Waals surface area contributed by atoms with E-state index in [2.05, 4.69) is 10.4 Å². The smallest absolute Gasteiger partial charge is 0.162 e. The van der Waals surface area contributed by atoms with Crippen LogP contribution in [0.3, 0.4) is 0 Å². The van der Waals surface area contributed by atoms with Gasteiger partial charge in [-0.25, -0.2) is 0 Å². The molecule has 1 atom stereocenters. The molecule has 1 aromatic heterocycles. The maximum absolute atomic E-state index is 8.61. The van der Waals surface area contributed by atoms with Gasteiger partial charge < -0.3 is 5.32 Å². The predicted octanol–water partition coefficient (Wildman–Crippen LogP) is 0.419. The summed E-state index contributed by atoms with van der Waals surface area (Å²) >= 11 is 0. The highest BCUT2D eigenvalue weighted by Crippen LogP contribution is 2.24. The van der Waals surface area contributed by atoms with Gasteiger partial charge in [0.25, 0.3) is 0 Å². The number of nitriles is 1. The SMILES string of the molecule is CN[C@H]1CCn2nc(C#N)cc21. The number of aromatic nitrogens is 2. The van der Waals surface area contributed by atoms with E-state index < -0.39 is 0 Å². The van der Waals surface area contributed by atoms with Gasteiger partial charge in [0.15, 0.2) is 5.69 Å². The number of rotatable bonds is 1. The molecule has 2 heterocycles. The van der Waals surface area contributed by atoms with Gasteiger partial charge >= 0.3 is 0 Å². The quantitative estimate of drug-likeness (QED) is 0.651. The van der Waals surface area contributed by atoms with Gasteiger partial charge in [0.05, 0.1) is 11.7 Å². The van der Waals surface area contributed by atoms with E-state index in [0.717, 1.165) is 18.7 Å². The van der Waals surface area contributed by atoms with E-state index in [1.54, 1.807) is 0 Å². The molecule has 1 aliphatic heterocycles. The highest BCUT2D eigenvalue weighted by atomic mass is 15.3. The Kier molecular flexibility index (Phi) is 1.59. The first-order valence-electron chi connectivity index (χ1n) is 4.00. The van der Waals surface area contributed by atoms with Gasteiger partial charge in [0.2, 0.25) is 0 Å². The summed E-state index contributed by atoms with van der Waals surface area (Å²) < 4.78 is 1.90. The van der Waals surface area contributed by atoms with Crippen LogP contribution in [0.5, 0.6) is 0 Å². The number of nitrogens with one attached hydrogen (secondary N) is 1. The van der Waals surface area contributed by atoms with Crippen LogP contribution in [0.15, 0.2) is 6.07 Å². The Morgan fingerprint density at radius 3 is 3.33 bits per heavy atom. The summed E-state index contributed by atoms with van der Waals surface area (Å²) in [5.41, 5.74) is 1.65. The van der Waals surface area contributed by atoms with E-state index in [4.69, 9.17) is 5.26 Å². The Morgan fingerprint density at radius 1 is 1.83 bits per heavy atom.